The lowest BCUT2D eigenvalue weighted by atomic mass is 9.45. The molecule has 8 atom stereocenters. The van der Waals surface area contributed by atoms with Gasteiger partial charge in [-0.2, -0.15) is 0 Å². The highest BCUT2D eigenvalue weighted by molar-refractivity contribution is 5.08. The molecule has 0 aromatic heterocycles. The zero-order chi connectivity index (χ0) is 18.4. The second kappa shape index (κ2) is 7.44. The molecule has 1 unspecified atom stereocenters. The molecule has 4 aliphatic rings. The molecule has 4 fully saturated rings. The molecule has 0 aromatic carbocycles. The molecule has 26 heavy (non-hydrogen) atoms. The van der Waals surface area contributed by atoms with Gasteiger partial charge in [-0.15, -0.1) is 0 Å². The average Bonchev–Trinajstić information content (AvgIpc) is 2.98. The standard InChI is InChI=1S/C26H46/c1-5-6-7-10-19(2)20-14-18-26(4)23(20)13-12-21-22-11-8-9-16-25(22,3)17-15-24(21)26/h19-24H,5-18H2,1-4H3/t19-,20-,21-,22-,23-,24-,25?,26-/m1/s1. The normalized spacial score (nSPS) is 49.2. The average molecular weight is 359 g/mol. The van der Waals surface area contributed by atoms with Crippen LogP contribution >= 0.6 is 0 Å². The summed E-state index contributed by atoms with van der Waals surface area (Å²) in [6.07, 6.45) is 21.4. The molecule has 0 bridgehead atoms. The Kier molecular flexibility index (Phi) is 5.53. The monoisotopic (exact) mass is 358 g/mol. The molecule has 0 aliphatic heterocycles. The summed E-state index contributed by atoms with van der Waals surface area (Å²) in [7, 11) is 0. The van der Waals surface area contributed by atoms with E-state index in [0.717, 1.165) is 35.5 Å². The SMILES string of the molecule is CCCCC[C@@H](C)[C@H]1CC[C@]2(C)[C@@H]1CC[C@@H]1[C@H]3CCCCC3(C)CC[C@H]12. The van der Waals surface area contributed by atoms with Gasteiger partial charge in [-0.1, -0.05) is 66.2 Å². The minimum atomic E-state index is 0.700. The van der Waals surface area contributed by atoms with E-state index in [9.17, 15) is 0 Å². The third kappa shape index (κ3) is 3.10. The van der Waals surface area contributed by atoms with Gasteiger partial charge < -0.3 is 0 Å². The first kappa shape index (κ1) is 19.3. The van der Waals surface area contributed by atoms with Crippen LogP contribution in [0.2, 0.25) is 0 Å². The largest absolute Gasteiger partial charge is 0.0654 e. The highest BCUT2D eigenvalue weighted by Crippen LogP contribution is 2.68. The van der Waals surface area contributed by atoms with E-state index in [1.165, 1.54) is 44.9 Å². The fourth-order valence-electron chi connectivity index (χ4n) is 9.01. The number of hydrogen-bond acceptors (Lipinski definition) is 0. The number of unbranched alkanes of at least 4 members (excludes halogenated alkanes) is 2. The Hall–Kier alpha value is 0. The molecule has 0 nitrogen and oxygen atoms in total. The number of rotatable bonds is 5. The van der Waals surface area contributed by atoms with Crippen LogP contribution in [-0.2, 0) is 0 Å². The summed E-state index contributed by atoms with van der Waals surface area (Å²) in [5.74, 6) is 6.34. The van der Waals surface area contributed by atoms with Crippen molar-refractivity contribution >= 4 is 0 Å². The van der Waals surface area contributed by atoms with E-state index in [-0.39, 0.29) is 0 Å². The Morgan fingerprint density at radius 2 is 1.65 bits per heavy atom. The second-order valence-corrected chi connectivity index (χ2v) is 11.7. The predicted octanol–water partition coefficient (Wildman–Crippen LogP) is 8.25. The summed E-state index contributed by atoms with van der Waals surface area (Å²) in [6.45, 7) is 10.4. The highest BCUT2D eigenvalue weighted by Gasteiger charge is 2.59. The Labute approximate surface area is 164 Å². The maximum absolute atomic E-state index is 2.76. The summed E-state index contributed by atoms with van der Waals surface area (Å²) in [5.41, 5.74) is 1.42. The van der Waals surface area contributed by atoms with Crippen LogP contribution in [0.3, 0.4) is 0 Å². The summed E-state index contributed by atoms with van der Waals surface area (Å²) >= 11 is 0. The van der Waals surface area contributed by atoms with Crippen LogP contribution in [0.1, 0.15) is 118 Å². The highest BCUT2D eigenvalue weighted by atomic mass is 14.6. The molecule has 150 valence electrons. The molecular weight excluding hydrogens is 312 g/mol. The van der Waals surface area contributed by atoms with Gasteiger partial charge in [0, 0.05) is 0 Å². The van der Waals surface area contributed by atoms with Crippen molar-refractivity contribution in [3.05, 3.63) is 0 Å². The van der Waals surface area contributed by atoms with Crippen molar-refractivity contribution in [1.29, 1.82) is 0 Å². The lowest BCUT2D eigenvalue weighted by Crippen LogP contribution is -2.52. The van der Waals surface area contributed by atoms with E-state index in [1.54, 1.807) is 44.9 Å². The van der Waals surface area contributed by atoms with Gasteiger partial charge in [0.05, 0.1) is 0 Å². The van der Waals surface area contributed by atoms with Crippen molar-refractivity contribution in [2.75, 3.05) is 0 Å². The third-order valence-corrected chi connectivity index (χ3v) is 10.5. The van der Waals surface area contributed by atoms with E-state index in [2.05, 4.69) is 27.7 Å². The van der Waals surface area contributed by atoms with Crippen LogP contribution in [0, 0.1) is 46.3 Å². The molecule has 0 spiro atoms. The number of hydrogen-bond donors (Lipinski definition) is 0. The van der Waals surface area contributed by atoms with E-state index in [4.69, 9.17) is 0 Å². The second-order valence-electron chi connectivity index (χ2n) is 11.7. The molecule has 0 aromatic rings. The quantitative estimate of drug-likeness (QED) is 0.434. The number of fused-ring (bicyclic) bond motifs is 5. The minimum Gasteiger partial charge on any atom is -0.0654 e. The van der Waals surface area contributed by atoms with Gasteiger partial charge in [-0.25, -0.2) is 0 Å². The van der Waals surface area contributed by atoms with E-state index in [1.807, 2.05) is 0 Å². The van der Waals surface area contributed by atoms with Gasteiger partial charge in [-0.05, 0) is 97.7 Å². The first-order valence-electron chi connectivity index (χ1n) is 12.5. The maximum atomic E-state index is 2.76. The molecule has 0 saturated heterocycles. The van der Waals surface area contributed by atoms with Crippen molar-refractivity contribution in [3.8, 4) is 0 Å². The molecule has 4 saturated carbocycles. The summed E-state index contributed by atoms with van der Waals surface area (Å²) in [5, 5.41) is 0. The van der Waals surface area contributed by atoms with E-state index in [0.29, 0.717) is 10.8 Å². The fraction of sp³-hybridized carbons (Fsp3) is 1.00. The Morgan fingerprint density at radius 1 is 0.808 bits per heavy atom. The fourth-order valence-corrected chi connectivity index (χ4v) is 9.01. The van der Waals surface area contributed by atoms with Crippen LogP contribution in [0.5, 0.6) is 0 Å². The van der Waals surface area contributed by atoms with Crippen LogP contribution in [0.15, 0.2) is 0 Å². The lowest BCUT2D eigenvalue weighted by molar-refractivity contribution is -0.108. The molecule has 0 radical (unpaired) electrons. The summed E-state index contributed by atoms with van der Waals surface area (Å²) in [4.78, 5) is 0. The smallest absolute Gasteiger partial charge is 0.0264 e. The first-order chi connectivity index (χ1) is 12.5. The maximum Gasteiger partial charge on any atom is -0.0264 e. The first-order valence-corrected chi connectivity index (χ1v) is 12.5. The predicted molar refractivity (Wildman–Crippen MR) is 113 cm³/mol. The van der Waals surface area contributed by atoms with Gasteiger partial charge in [0.2, 0.25) is 0 Å². The molecule has 0 heteroatoms. The van der Waals surface area contributed by atoms with Crippen LogP contribution in [0.4, 0.5) is 0 Å². The zero-order valence-corrected chi connectivity index (χ0v) is 18.4. The summed E-state index contributed by atoms with van der Waals surface area (Å²) < 4.78 is 0. The van der Waals surface area contributed by atoms with Crippen molar-refractivity contribution < 1.29 is 0 Å². The van der Waals surface area contributed by atoms with Crippen molar-refractivity contribution in [2.24, 2.45) is 46.3 Å². The molecule has 0 heterocycles. The Morgan fingerprint density at radius 3 is 2.46 bits per heavy atom. The Balaban J connectivity index is 1.48. The van der Waals surface area contributed by atoms with Gasteiger partial charge in [0.15, 0.2) is 0 Å². The van der Waals surface area contributed by atoms with Gasteiger partial charge in [0.25, 0.3) is 0 Å². The van der Waals surface area contributed by atoms with Crippen LogP contribution in [-0.4, -0.2) is 0 Å². The zero-order valence-electron chi connectivity index (χ0n) is 18.4. The third-order valence-electron chi connectivity index (χ3n) is 10.5. The van der Waals surface area contributed by atoms with E-state index >= 15 is 0 Å². The Bertz CT molecular complexity index is 480. The van der Waals surface area contributed by atoms with Crippen LogP contribution in [0.25, 0.3) is 0 Å². The minimum absolute atomic E-state index is 0.700. The van der Waals surface area contributed by atoms with Crippen LogP contribution < -0.4 is 0 Å². The summed E-state index contributed by atoms with van der Waals surface area (Å²) in [6, 6.07) is 0. The molecule has 4 aliphatic carbocycles. The van der Waals surface area contributed by atoms with Gasteiger partial charge in [-0.3, -0.25) is 0 Å². The van der Waals surface area contributed by atoms with Crippen molar-refractivity contribution in [3.63, 3.8) is 0 Å². The van der Waals surface area contributed by atoms with Gasteiger partial charge >= 0.3 is 0 Å². The van der Waals surface area contributed by atoms with Crippen molar-refractivity contribution in [2.45, 2.75) is 118 Å². The molecule has 0 amide bonds. The van der Waals surface area contributed by atoms with Gasteiger partial charge in [0.1, 0.15) is 0 Å². The van der Waals surface area contributed by atoms with E-state index < -0.39 is 0 Å². The molecular formula is C26H46. The van der Waals surface area contributed by atoms with Crippen molar-refractivity contribution in [1.82, 2.24) is 0 Å². The lowest BCUT2D eigenvalue weighted by Gasteiger charge is -2.60. The molecule has 4 rings (SSSR count). The topological polar surface area (TPSA) is 0 Å². The molecule has 0 N–H and O–H groups in total.